The Balaban J connectivity index is 2.64. The van der Waals surface area contributed by atoms with Gasteiger partial charge in [-0.1, -0.05) is 12.8 Å². The number of aromatic nitrogens is 2. The lowest BCUT2D eigenvalue weighted by Crippen LogP contribution is -2.32. The van der Waals surface area contributed by atoms with Crippen molar-refractivity contribution >= 4 is 18.8 Å². The SMILES string of the molecule is NC(Cc1cncn1S)C(=O)O. The normalized spacial score (nSPS) is 12.8. The summed E-state index contributed by atoms with van der Waals surface area (Å²) >= 11 is 4.00. The molecule has 12 heavy (non-hydrogen) atoms. The number of aliphatic carboxylic acids is 1. The molecule has 0 bridgehead atoms. The number of hydrogen-bond acceptors (Lipinski definition) is 4. The van der Waals surface area contributed by atoms with E-state index in [9.17, 15) is 4.79 Å². The van der Waals surface area contributed by atoms with Crippen LogP contribution in [0.4, 0.5) is 0 Å². The first-order valence-electron chi connectivity index (χ1n) is 3.30. The van der Waals surface area contributed by atoms with E-state index in [0.717, 1.165) is 0 Å². The van der Waals surface area contributed by atoms with Crippen LogP contribution >= 0.6 is 12.8 Å². The summed E-state index contributed by atoms with van der Waals surface area (Å²) in [5, 5.41) is 8.49. The van der Waals surface area contributed by atoms with E-state index >= 15 is 0 Å². The lowest BCUT2D eigenvalue weighted by atomic mass is 10.2. The van der Waals surface area contributed by atoms with Crippen molar-refractivity contribution in [2.45, 2.75) is 12.5 Å². The number of nitrogens with zero attached hydrogens (tertiary/aromatic N) is 2. The number of hydrogen-bond donors (Lipinski definition) is 3. The van der Waals surface area contributed by atoms with E-state index < -0.39 is 12.0 Å². The van der Waals surface area contributed by atoms with Crippen LogP contribution in [0.1, 0.15) is 5.69 Å². The smallest absolute Gasteiger partial charge is 0.320 e. The van der Waals surface area contributed by atoms with Gasteiger partial charge in [-0.05, 0) is 0 Å². The van der Waals surface area contributed by atoms with Gasteiger partial charge in [0.15, 0.2) is 0 Å². The van der Waals surface area contributed by atoms with Crippen LogP contribution in [0.15, 0.2) is 12.5 Å². The van der Waals surface area contributed by atoms with Gasteiger partial charge in [-0.15, -0.1) is 0 Å². The summed E-state index contributed by atoms with van der Waals surface area (Å²) in [6, 6.07) is -0.896. The van der Waals surface area contributed by atoms with Crippen molar-refractivity contribution in [3.8, 4) is 0 Å². The average Bonchev–Trinajstić information content (AvgIpc) is 2.36. The molecular formula is C6H9N3O2S. The van der Waals surface area contributed by atoms with E-state index in [1.807, 2.05) is 0 Å². The Morgan fingerprint density at radius 2 is 2.58 bits per heavy atom. The van der Waals surface area contributed by atoms with Crippen molar-refractivity contribution < 1.29 is 9.90 Å². The van der Waals surface area contributed by atoms with Crippen molar-refractivity contribution in [3.05, 3.63) is 18.2 Å². The standard InChI is InChI=1S/C6H9N3O2S/c7-5(6(10)11)1-4-2-8-3-9(4)12/h2-3,5,12H,1,7H2,(H,10,11). The van der Waals surface area contributed by atoms with Crippen LogP contribution in [0.5, 0.6) is 0 Å². The monoisotopic (exact) mass is 187 g/mol. The van der Waals surface area contributed by atoms with Gasteiger partial charge in [-0.3, -0.25) is 8.77 Å². The second-order valence-corrected chi connectivity index (χ2v) is 2.81. The molecule has 0 aliphatic rings. The fourth-order valence-electron chi connectivity index (χ4n) is 0.775. The zero-order chi connectivity index (χ0) is 9.14. The minimum absolute atomic E-state index is 0.235. The summed E-state index contributed by atoms with van der Waals surface area (Å²) in [6.45, 7) is 0. The fourth-order valence-corrected chi connectivity index (χ4v) is 0.968. The molecule has 1 unspecified atom stereocenters. The van der Waals surface area contributed by atoms with Gasteiger partial charge in [0.1, 0.15) is 12.4 Å². The van der Waals surface area contributed by atoms with Gasteiger partial charge >= 0.3 is 5.97 Å². The van der Waals surface area contributed by atoms with Crippen molar-refractivity contribution in [1.29, 1.82) is 0 Å². The Labute approximate surface area is 74.8 Å². The highest BCUT2D eigenvalue weighted by Crippen LogP contribution is 2.03. The summed E-state index contributed by atoms with van der Waals surface area (Å²) in [6.07, 6.45) is 3.25. The fraction of sp³-hybridized carbons (Fsp3) is 0.333. The first-order valence-corrected chi connectivity index (χ1v) is 3.70. The van der Waals surface area contributed by atoms with Gasteiger partial charge in [0, 0.05) is 12.6 Å². The van der Waals surface area contributed by atoms with Crippen molar-refractivity contribution in [2.75, 3.05) is 0 Å². The number of nitrogens with two attached hydrogens (primary N) is 1. The maximum Gasteiger partial charge on any atom is 0.320 e. The Morgan fingerprint density at radius 3 is 3.00 bits per heavy atom. The Hall–Kier alpha value is -1.01. The lowest BCUT2D eigenvalue weighted by molar-refractivity contribution is -0.138. The summed E-state index contributed by atoms with van der Waals surface area (Å²) in [7, 11) is 0. The molecule has 66 valence electrons. The van der Waals surface area contributed by atoms with Crippen LogP contribution in [0, 0.1) is 0 Å². The first kappa shape index (κ1) is 9.08. The minimum atomic E-state index is -1.02. The Bertz CT molecular complexity index is 286. The number of carboxylic acids is 1. The van der Waals surface area contributed by atoms with Crippen LogP contribution in [0.3, 0.4) is 0 Å². The molecule has 0 radical (unpaired) electrons. The highest BCUT2D eigenvalue weighted by molar-refractivity contribution is 7.78. The van der Waals surface area contributed by atoms with Crippen molar-refractivity contribution in [2.24, 2.45) is 5.73 Å². The predicted octanol–water partition coefficient (Wildman–Crippen LogP) is -0.470. The molecule has 1 aromatic rings. The maximum atomic E-state index is 10.4. The van der Waals surface area contributed by atoms with Crippen LogP contribution in [-0.2, 0) is 11.2 Å². The van der Waals surface area contributed by atoms with Crippen LogP contribution in [0.2, 0.25) is 0 Å². The number of thiol groups is 1. The molecule has 0 aromatic carbocycles. The molecular weight excluding hydrogens is 178 g/mol. The summed E-state index contributed by atoms with van der Waals surface area (Å²) in [5.41, 5.74) is 5.99. The topological polar surface area (TPSA) is 81.1 Å². The molecule has 1 rings (SSSR count). The molecule has 0 saturated carbocycles. The minimum Gasteiger partial charge on any atom is -0.480 e. The average molecular weight is 187 g/mol. The number of carboxylic acid groups (broad SMARTS) is 1. The Kier molecular flexibility index (Phi) is 2.72. The van der Waals surface area contributed by atoms with E-state index in [0.29, 0.717) is 5.69 Å². The molecule has 0 spiro atoms. The van der Waals surface area contributed by atoms with Gasteiger partial charge in [-0.2, -0.15) is 0 Å². The zero-order valence-electron chi connectivity index (χ0n) is 6.21. The second-order valence-electron chi connectivity index (χ2n) is 2.38. The van der Waals surface area contributed by atoms with E-state index in [4.69, 9.17) is 10.8 Å². The predicted molar refractivity (Wildman–Crippen MR) is 45.9 cm³/mol. The molecule has 0 aliphatic carbocycles. The van der Waals surface area contributed by atoms with Crippen LogP contribution < -0.4 is 5.73 Å². The molecule has 1 aromatic heterocycles. The van der Waals surface area contributed by atoms with Gasteiger partial charge in [-0.25, -0.2) is 4.98 Å². The summed E-state index contributed by atoms with van der Waals surface area (Å²) in [4.78, 5) is 14.1. The van der Waals surface area contributed by atoms with Crippen molar-refractivity contribution in [3.63, 3.8) is 0 Å². The molecule has 5 nitrogen and oxygen atoms in total. The number of imidazole rings is 1. The van der Waals surface area contributed by atoms with Gasteiger partial charge < -0.3 is 10.8 Å². The van der Waals surface area contributed by atoms with Gasteiger partial charge in [0.05, 0.1) is 5.69 Å². The molecule has 0 amide bonds. The van der Waals surface area contributed by atoms with Crippen LogP contribution in [-0.4, -0.2) is 26.1 Å². The third-order valence-corrected chi connectivity index (χ3v) is 1.80. The van der Waals surface area contributed by atoms with E-state index in [1.165, 1.54) is 16.5 Å². The van der Waals surface area contributed by atoms with E-state index in [1.54, 1.807) is 0 Å². The third-order valence-electron chi connectivity index (χ3n) is 1.44. The maximum absolute atomic E-state index is 10.4. The highest BCUT2D eigenvalue weighted by Gasteiger charge is 2.13. The summed E-state index contributed by atoms with van der Waals surface area (Å²) < 4.78 is 1.45. The molecule has 0 saturated heterocycles. The highest BCUT2D eigenvalue weighted by atomic mass is 32.1. The quantitative estimate of drug-likeness (QED) is 0.559. The molecule has 0 aliphatic heterocycles. The zero-order valence-corrected chi connectivity index (χ0v) is 7.11. The molecule has 0 fully saturated rings. The lowest BCUT2D eigenvalue weighted by Gasteiger charge is -2.04. The summed E-state index contributed by atoms with van der Waals surface area (Å²) in [5.74, 6) is -1.02. The van der Waals surface area contributed by atoms with E-state index in [2.05, 4.69) is 17.8 Å². The first-order chi connectivity index (χ1) is 5.61. The number of carbonyl (C=O) groups is 1. The van der Waals surface area contributed by atoms with Gasteiger partial charge in [0.25, 0.3) is 0 Å². The molecule has 6 heteroatoms. The Morgan fingerprint density at radius 1 is 1.92 bits per heavy atom. The molecule has 1 atom stereocenters. The molecule has 3 N–H and O–H groups in total. The molecule has 1 heterocycles. The largest absolute Gasteiger partial charge is 0.480 e. The number of rotatable bonds is 3. The van der Waals surface area contributed by atoms with E-state index in [-0.39, 0.29) is 6.42 Å². The van der Waals surface area contributed by atoms with Crippen molar-refractivity contribution in [1.82, 2.24) is 8.96 Å². The second kappa shape index (κ2) is 3.59. The van der Waals surface area contributed by atoms with Gasteiger partial charge in [0.2, 0.25) is 0 Å². The van der Waals surface area contributed by atoms with Crippen LogP contribution in [0.25, 0.3) is 0 Å². The third kappa shape index (κ3) is 1.99.